The van der Waals surface area contributed by atoms with Crippen LogP contribution in [0.25, 0.3) is 16.8 Å². The number of hydrogen-bond donors (Lipinski definition) is 0. The van der Waals surface area contributed by atoms with Gasteiger partial charge in [0, 0.05) is 24.5 Å². The van der Waals surface area contributed by atoms with Crippen LogP contribution in [0.3, 0.4) is 0 Å². The summed E-state index contributed by atoms with van der Waals surface area (Å²) in [5.74, 6) is 0.0318. The highest BCUT2D eigenvalue weighted by molar-refractivity contribution is 6.04. The minimum atomic E-state index is -4.54. The summed E-state index contributed by atoms with van der Waals surface area (Å²) in [7, 11) is 0. The van der Waals surface area contributed by atoms with Crippen LogP contribution >= 0.6 is 0 Å². The van der Waals surface area contributed by atoms with E-state index in [9.17, 15) is 23.2 Å². The number of carbonyl (C=O) groups is 1. The molecule has 2 aliphatic rings. The molecule has 0 bridgehead atoms. The van der Waals surface area contributed by atoms with Gasteiger partial charge in [-0.1, -0.05) is 0 Å². The average Bonchev–Trinajstić information content (AvgIpc) is 3.38. The van der Waals surface area contributed by atoms with Crippen molar-refractivity contribution in [3.05, 3.63) is 42.5 Å². The fourth-order valence-corrected chi connectivity index (χ4v) is 4.07. The Balaban J connectivity index is 1.62. The number of aromatic nitrogens is 4. The van der Waals surface area contributed by atoms with Crippen molar-refractivity contribution in [2.24, 2.45) is 11.3 Å². The predicted octanol–water partition coefficient (Wildman–Crippen LogP) is 3.47. The normalized spacial score (nSPS) is 21.9. The molecule has 0 N–H and O–H groups in total. The Morgan fingerprint density at radius 2 is 2.07 bits per heavy atom. The zero-order valence-corrected chi connectivity index (χ0v) is 15.6. The van der Waals surface area contributed by atoms with Gasteiger partial charge in [0.05, 0.1) is 29.7 Å². The van der Waals surface area contributed by atoms with Crippen LogP contribution in [0.1, 0.15) is 24.8 Å². The highest BCUT2D eigenvalue weighted by Gasteiger charge is 2.57. The molecule has 0 aromatic carbocycles. The Bertz CT molecular complexity index is 1210. The molecule has 0 spiro atoms. The van der Waals surface area contributed by atoms with Gasteiger partial charge in [0.1, 0.15) is 10.9 Å². The number of hydrogen-bond acceptors (Lipinski definition) is 5. The van der Waals surface area contributed by atoms with E-state index in [-0.39, 0.29) is 28.9 Å². The smallest absolute Gasteiger partial charge is 0.294 e. The number of nitrogens with zero attached hydrogens (tertiary/aromatic N) is 6. The van der Waals surface area contributed by atoms with Crippen molar-refractivity contribution >= 4 is 17.2 Å². The zero-order valence-electron chi connectivity index (χ0n) is 15.6. The third kappa shape index (κ3) is 2.73. The molecule has 4 heterocycles. The highest BCUT2D eigenvalue weighted by Crippen LogP contribution is 2.52. The molecule has 3 aromatic rings. The monoisotopic (exact) mass is 412 g/mol. The van der Waals surface area contributed by atoms with Gasteiger partial charge in [0.2, 0.25) is 5.91 Å². The van der Waals surface area contributed by atoms with Crippen LogP contribution in [0.2, 0.25) is 0 Å². The van der Waals surface area contributed by atoms with E-state index in [2.05, 4.69) is 21.1 Å². The number of alkyl halides is 3. The number of halogens is 3. The molecule has 30 heavy (non-hydrogen) atoms. The summed E-state index contributed by atoms with van der Waals surface area (Å²) in [5.41, 5.74) is -1.04. The molecule has 3 aromatic heterocycles. The van der Waals surface area contributed by atoms with Crippen LogP contribution in [0.4, 0.5) is 19.0 Å². The lowest BCUT2D eigenvalue weighted by Crippen LogP contribution is -2.36. The average molecular weight is 412 g/mol. The Labute approximate surface area is 168 Å². The highest BCUT2D eigenvalue weighted by atomic mass is 19.4. The lowest BCUT2D eigenvalue weighted by molar-refractivity contribution is -0.137. The first-order valence-electron chi connectivity index (χ1n) is 9.44. The minimum Gasteiger partial charge on any atom is -0.294 e. The maximum absolute atomic E-state index is 13.2. The summed E-state index contributed by atoms with van der Waals surface area (Å²) in [5, 5.41) is 13.9. The van der Waals surface area contributed by atoms with E-state index in [0.717, 1.165) is 25.1 Å². The van der Waals surface area contributed by atoms with Gasteiger partial charge >= 0.3 is 6.18 Å². The molecule has 0 unspecified atom stereocenters. The third-order valence-corrected chi connectivity index (χ3v) is 5.82. The van der Waals surface area contributed by atoms with Crippen LogP contribution in [0.15, 0.2) is 36.9 Å². The Hall–Kier alpha value is -3.48. The van der Waals surface area contributed by atoms with Crippen LogP contribution in [-0.2, 0) is 11.0 Å². The van der Waals surface area contributed by atoms with Crippen LogP contribution in [-0.4, -0.2) is 32.0 Å². The van der Waals surface area contributed by atoms with Crippen molar-refractivity contribution in [1.82, 2.24) is 19.6 Å². The molecule has 1 atom stereocenters. The molecule has 1 amide bonds. The Kier molecular flexibility index (Phi) is 3.87. The maximum Gasteiger partial charge on any atom is 0.417 e. The van der Waals surface area contributed by atoms with E-state index in [1.165, 1.54) is 28.0 Å². The van der Waals surface area contributed by atoms with Gasteiger partial charge in [0.15, 0.2) is 5.82 Å². The summed E-state index contributed by atoms with van der Waals surface area (Å²) in [6, 6.07) is 4.86. The Morgan fingerprint density at radius 1 is 1.27 bits per heavy atom. The lowest BCUT2D eigenvalue weighted by Gasteiger charge is -2.21. The summed E-state index contributed by atoms with van der Waals surface area (Å²) >= 11 is 0. The number of carbonyl (C=O) groups excluding carboxylic acids is 1. The molecule has 1 aliphatic heterocycles. The van der Waals surface area contributed by atoms with Crippen LogP contribution < -0.4 is 4.90 Å². The molecule has 10 heteroatoms. The van der Waals surface area contributed by atoms with Gasteiger partial charge in [-0.3, -0.25) is 14.7 Å². The standard InChI is InChI=1S/C20H15F3N6O/c21-20(22,23)14-7-12(8-25-9-14)15-10-29-16(3-5-26-29)17(27-15)28-6-4-19(11-24,18(28)30)13-1-2-13/h3,5,7-10,13H,1-2,4,6H2/t19-/m1/s1. The van der Waals surface area contributed by atoms with Crippen LogP contribution in [0.5, 0.6) is 0 Å². The fourth-order valence-electron chi connectivity index (χ4n) is 4.07. The number of pyridine rings is 1. The molecule has 0 radical (unpaired) electrons. The van der Waals surface area contributed by atoms with Crippen molar-refractivity contribution < 1.29 is 18.0 Å². The SMILES string of the molecule is N#C[C@@]1(C2CC2)CCN(c2nc(-c3cncc(C(F)(F)F)c3)cn3nccc23)C1=O. The van der Waals surface area contributed by atoms with Crippen molar-refractivity contribution in [2.75, 3.05) is 11.4 Å². The molecule has 152 valence electrons. The first kappa shape index (κ1) is 18.5. The van der Waals surface area contributed by atoms with Crippen molar-refractivity contribution in [3.8, 4) is 17.3 Å². The second-order valence-corrected chi connectivity index (χ2v) is 7.64. The van der Waals surface area contributed by atoms with E-state index < -0.39 is 17.2 Å². The summed E-state index contributed by atoms with van der Waals surface area (Å²) < 4.78 is 40.8. The molecular weight excluding hydrogens is 397 g/mol. The number of fused-ring (bicyclic) bond motifs is 1. The van der Waals surface area contributed by atoms with Crippen molar-refractivity contribution in [1.29, 1.82) is 5.26 Å². The van der Waals surface area contributed by atoms with Crippen LogP contribution in [0, 0.1) is 22.7 Å². The molecule has 1 saturated carbocycles. The maximum atomic E-state index is 13.2. The largest absolute Gasteiger partial charge is 0.417 e. The van der Waals surface area contributed by atoms with E-state index >= 15 is 0 Å². The fraction of sp³-hybridized carbons (Fsp3) is 0.350. The Morgan fingerprint density at radius 3 is 2.77 bits per heavy atom. The zero-order chi connectivity index (χ0) is 21.1. The molecule has 1 saturated heterocycles. The van der Waals surface area contributed by atoms with Gasteiger partial charge in [0.25, 0.3) is 0 Å². The predicted molar refractivity (Wildman–Crippen MR) is 99.0 cm³/mol. The second kappa shape index (κ2) is 6.26. The summed E-state index contributed by atoms with van der Waals surface area (Å²) in [6.07, 6.45) is 2.61. The van der Waals surface area contributed by atoms with E-state index in [1.807, 2.05) is 0 Å². The van der Waals surface area contributed by atoms with Gasteiger partial charge in [-0.05, 0) is 37.3 Å². The first-order valence-corrected chi connectivity index (χ1v) is 9.44. The number of anilines is 1. The lowest BCUT2D eigenvalue weighted by atomic mass is 9.83. The number of amides is 1. The minimum absolute atomic E-state index is 0.0526. The quantitative estimate of drug-likeness (QED) is 0.658. The molecule has 2 fully saturated rings. The third-order valence-electron chi connectivity index (χ3n) is 5.82. The van der Waals surface area contributed by atoms with Gasteiger partial charge in [-0.15, -0.1) is 0 Å². The molecule has 5 rings (SSSR count). The van der Waals surface area contributed by atoms with E-state index in [1.54, 1.807) is 6.07 Å². The molecular formula is C20H15F3N6O. The van der Waals surface area contributed by atoms with Crippen molar-refractivity contribution in [2.45, 2.75) is 25.4 Å². The number of nitriles is 1. The first-order chi connectivity index (χ1) is 14.3. The summed E-state index contributed by atoms with van der Waals surface area (Å²) in [4.78, 5) is 22.9. The topological polar surface area (TPSA) is 87.2 Å². The molecule has 1 aliphatic carbocycles. The van der Waals surface area contributed by atoms with Gasteiger partial charge in [-0.2, -0.15) is 23.5 Å². The van der Waals surface area contributed by atoms with Gasteiger partial charge < -0.3 is 0 Å². The molecule has 7 nitrogen and oxygen atoms in total. The second-order valence-electron chi connectivity index (χ2n) is 7.64. The van der Waals surface area contributed by atoms with E-state index in [4.69, 9.17) is 0 Å². The van der Waals surface area contributed by atoms with Crippen molar-refractivity contribution in [3.63, 3.8) is 0 Å². The summed E-state index contributed by atoms with van der Waals surface area (Å²) in [6.45, 7) is 0.320. The van der Waals surface area contributed by atoms with Gasteiger partial charge in [-0.25, -0.2) is 9.50 Å². The number of rotatable bonds is 3. The van der Waals surface area contributed by atoms with E-state index in [0.29, 0.717) is 18.5 Å².